The molecule has 1 amide bonds. The fourth-order valence-electron chi connectivity index (χ4n) is 1.71. The van der Waals surface area contributed by atoms with Gasteiger partial charge in [0.15, 0.2) is 0 Å². The predicted molar refractivity (Wildman–Crippen MR) is 73.6 cm³/mol. The van der Waals surface area contributed by atoms with Gasteiger partial charge in [-0.25, -0.2) is 0 Å². The zero-order chi connectivity index (χ0) is 13.0. The van der Waals surface area contributed by atoms with E-state index < -0.39 is 0 Å². The lowest BCUT2D eigenvalue weighted by molar-refractivity contribution is -0.120. The molecule has 2 rings (SSSR count). The number of hydrogen-bond acceptors (Lipinski definition) is 3. The van der Waals surface area contributed by atoms with Gasteiger partial charge in [-0.05, 0) is 24.4 Å². The van der Waals surface area contributed by atoms with Gasteiger partial charge < -0.3 is 5.32 Å². The first-order valence-electron chi connectivity index (χ1n) is 6.05. The summed E-state index contributed by atoms with van der Waals surface area (Å²) < 4.78 is 1.94. The number of amides is 1. The number of aryl methyl sites for hydroxylation is 1. The number of nitrogens with one attached hydrogen (secondary N) is 1. The molecule has 4 nitrogen and oxygen atoms in total. The lowest BCUT2D eigenvalue weighted by Gasteiger charge is -2.05. The van der Waals surface area contributed by atoms with Crippen molar-refractivity contribution in [2.45, 2.75) is 26.8 Å². The van der Waals surface area contributed by atoms with Crippen LogP contribution in [0.2, 0.25) is 0 Å². The summed E-state index contributed by atoms with van der Waals surface area (Å²) in [4.78, 5) is 12.3. The van der Waals surface area contributed by atoms with E-state index in [4.69, 9.17) is 0 Å². The molecule has 0 spiro atoms. The van der Waals surface area contributed by atoms with Crippen LogP contribution in [0.25, 0.3) is 10.6 Å². The molecule has 2 heterocycles. The fraction of sp³-hybridized carbons (Fsp3) is 0.385. The molecular formula is C13H17N3OS. The molecule has 0 radical (unpaired) electrons. The quantitative estimate of drug-likeness (QED) is 0.900. The van der Waals surface area contributed by atoms with Crippen molar-refractivity contribution in [3.8, 4) is 10.6 Å². The Morgan fingerprint density at radius 3 is 3.06 bits per heavy atom. The van der Waals surface area contributed by atoms with Crippen molar-refractivity contribution >= 4 is 17.2 Å². The largest absolute Gasteiger partial charge is 0.354 e. The van der Waals surface area contributed by atoms with Crippen molar-refractivity contribution in [3.63, 3.8) is 0 Å². The van der Waals surface area contributed by atoms with Crippen molar-refractivity contribution in [2.24, 2.45) is 0 Å². The molecule has 0 aliphatic carbocycles. The van der Waals surface area contributed by atoms with E-state index >= 15 is 0 Å². The molecule has 0 fully saturated rings. The van der Waals surface area contributed by atoms with Gasteiger partial charge in [-0.2, -0.15) is 5.10 Å². The van der Waals surface area contributed by atoms with Crippen LogP contribution in [-0.2, 0) is 11.3 Å². The number of carbonyl (C=O) groups excluding carboxylic acids is 1. The van der Waals surface area contributed by atoms with E-state index in [1.54, 1.807) is 11.3 Å². The molecule has 0 aliphatic rings. The summed E-state index contributed by atoms with van der Waals surface area (Å²) >= 11 is 1.68. The average Bonchev–Trinajstić information content (AvgIpc) is 2.99. The van der Waals surface area contributed by atoms with Crippen LogP contribution in [0.4, 0.5) is 0 Å². The molecule has 18 heavy (non-hydrogen) atoms. The molecule has 2 aromatic heterocycles. The molecule has 96 valence electrons. The molecule has 0 aliphatic heterocycles. The SMILES string of the molecule is CCC(=O)NCCn1nc(-c2cccs2)cc1C. The van der Waals surface area contributed by atoms with Gasteiger partial charge in [-0.3, -0.25) is 9.48 Å². The topological polar surface area (TPSA) is 46.9 Å². The summed E-state index contributed by atoms with van der Waals surface area (Å²) in [6.07, 6.45) is 0.526. The van der Waals surface area contributed by atoms with Crippen molar-refractivity contribution < 1.29 is 4.79 Å². The molecule has 0 atom stereocenters. The first-order valence-corrected chi connectivity index (χ1v) is 6.93. The highest BCUT2D eigenvalue weighted by Gasteiger charge is 2.07. The monoisotopic (exact) mass is 263 g/mol. The maximum absolute atomic E-state index is 11.1. The second kappa shape index (κ2) is 5.82. The lowest BCUT2D eigenvalue weighted by Crippen LogP contribution is -2.26. The number of carbonyl (C=O) groups is 1. The zero-order valence-corrected chi connectivity index (χ0v) is 11.5. The molecule has 1 N–H and O–H groups in total. The van der Waals surface area contributed by atoms with Gasteiger partial charge in [-0.15, -0.1) is 11.3 Å². The maximum Gasteiger partial charge on any atom is 0.219 e. The van der Waals surface area contributed by atoms with Gasteiger partial charge in [0.05, 0.1) is 11.4 Å². The van der Waals surface area contributed by atoms with E-state index in [0.717, 1.165) is 11.4 Å². The number of thiophene rings is 1. The van der Waals surface area contributed by atoms with Gasteiger partial charge in [-0.1, -0.05) is 13.0 Å². The van der Waals surface area contributed by atoms with Gasteiger partial charge in [0.2, 0.25) is 5.91 Å². The second-order valence-electron chi connectivity index (χ2n) is 4.07. The van der Waals surface area contributed by atoms with Crippen molar-refractivity contribution in [2.75, 3.05) is 6.54 Å². The van der Waals surface area contributed by atoms with Gasteiger partial charge in [0.1, 0.15) is 5.69 Å². The number of rotatable bonds is 5. The summed E-state index contributed by atoms with van der Waals surface area (Å²) in [5.41, 5.74) is 2.12. The highest BCUT2D eigenvalue weighted by Crippen LogP contribution is 2.23. The van der Waals surface area contributed by atoms with E-state index in [-0.39, 0.29) is 5.91 Å². The van der Waals surface area contributed by atoms with Crippen LogP contribution in [0.1, 0.15) is 19.0 Å². The fourth-order valence-corrected chi connectivity index (χ4v) is 2.39. The van der Waals surface area contributed by atoms with E-state index in [0.29, 0.717) is 19.5 Å². The third-order valence-electron chi connectivity index (χ3n) is 2.72. The third kappa shape index (κ3) is 2.98. The minimum Gasteiger partial charge on any atom is -0.354 e. The summed E-state index contributed by atoms with van der Waals surface area (Å²) in [5, 5.41) is 9.45. The first-order chi connectivity index (χ1) is 8.70. The predicted octanol–water partition coefficient (Wildman–Crippen LogP) is 2.45. The Bertz CT molecular complexity index is 516. The Morgan fingerprint density at radius 1 is 1.56 bits per heavy atom. The minimum absolute atomic E-state index is 0.0817. The first kappa shape index (κ1) is 12.8. The van der Waals surface area contributed by atoms with Crippen LogP contribution in [0.5, 0.6) is 0 Å². The van der Waals surface area contributed by atoms with Crippen LogP contribution in [0, 0.1) is 6.92 Å². The molecule has 5 heteroatoms. The number of aromatic nitrogens is 2. The van der Waals surface area contributed by atoms with E-state index in [1.165, 1.54) is 4.88 Å². The lowest BCUT2D eigenvalue weighted by atomic mass is 10.3. The van der Waals surface area contributed by atoms with Crippen molar-refractivity contribution in [1.29, 1.82) is 0 Å². The van der Waals surface area contributed by atoms with Gasteiger partial charge in [0.25, 0.3) is 0 Å². The Balaban J connectivity index is 1.99. The Labute approximate surface area is 111 Å². The molecule has 2 aromatic rings. The van der Waals surface area contributed by atoms with E-state index in [9.17, 15) is 4.79 Å². The Hall–Kier alpha value is -1.62. The van der Waals surface area contributed by atoms with Crippen molar-refractivity contribution in [3.05, 3.63) is 29.3 Å². The second-order valence-corrected chi connectivity index (χ2v) is 5.02. The van der Waals surface area contributed by atoms with Crippen LogP contribution >= 0.6 is 11.3 Å². The molecule has 0 saturated carbocycles. The van der Waals surface area contributed by atoms with E-state index in [2.05, 4.69) is 22.5 Å². The third-order valence-corrected chi connectivity index (χ3v) is 3.61. The van der Waals surface area contributed by atoms with Crippen molar-refractivity contribution in [1.82, 2.24) is 15.1 Å². The standard InChI is InChI=1S/C13H17N3OS/c1-3-13(17)14-6-7-16-10(2)9-11(15-16)12-5-4-8-18-12/h4-5,8-9H,3,6-7H2,1-2H3,(H,14,17). The molecule has 0 aromatic carbocycles. The Morgan fingerprint density at radius 2 is 2.39 bits per heavy atom. The molecule has 0 unspecified atom stereocenters. The zero-order valence-electron chi connectivity index (χ0n) is 10.6. The van der Waals surface area contributed by atoms with Crippen LogP contribution in [0.15, 0.2) is 23.6 Å². The highest BCUT2D eigenvalue weighted by atomic mass is 32.1. The Kier molecular flexibility index (Phi) is 4.15. The number of hydrogen-bond donors (Lipinski definition) is 1. The molecular weight excluding hydrogens is 246 g/mol. The molecule has 0 saturated heterocycles. The van der Waals surface area contributed by atoms with Crippen LogP contribution in [0.3, 0.4) is 0 Å². The summed E-state index contributed by atoms with van der Waals surface area (Å²) in [6, 6.07) is 6.17. The number of nitrogens with zero attached hydrogens (tertiary/aromatic N) is 2. The smallest absolute Gasteiger partial charge is 0.219 e. The summed E-state index contributed by atoms with van der Waals surface area (Å²) in [5.74, 6) is 0.0817. The highest BCUT2D eigenvalue weighted by molar-refractivity contribution is 7.13. The average molecular weight is 263 g/mol. The van der Waals surface area contributed by atoms with Gasteiger partial charge >= 0.3 is 0 Å². The van der Waals surface area contributed by atoms with Crippen LogP contribution in [-0.4, -0.2) is 22.2 Å². The summed E-state index contributed by atoms with van der Waals surface area (Å²) in [6.45, 7) is 5.22. The molecule has 0 bridgehead atoms. The van der Waals surface area contributed by atoms with Crippen LogP contribution < -0.4 is 5.32 Å². The minimum atomic E-state index is 0.0817. The normalized spacial score (nSPS) is 10.6. The van der Waals surface area contributed by atoms with E-state index in [1.807, 2.05) is 30.0 Å². The summed E-state index contributed by atoms with van der Waals surface area (Å²) in [7, 11) is 0. The van der Waals surface area contributed by atoms with Gasteiger partial charge in [0, 0.05) is 18.7 Å². The maximum atomic E-state index is 11.1.